The second kappa shape index (κ2) is 8.08. The first-order valence-electron chi connectivity index (χ1n) is 8.19. The lowest BCUT2D eigenvalue weighted by atomic mass is 9.82. The number of aliphatic hydroxyl groups excluding tert-OH is 1. The van der Waals surface area contributed by atoms with Gasteiger partial charge in [-0.1, -0.05) is 34.1 Å². The first kappa shape index (κ1) is 20.2. The van der Waals surface area contributed by atoms with E-state index in [-0.39, 0.29) is 6.61 Å². The molecule has 0 unspecified atom stereocenters. The van der Waals surface area contributed by atoms with Gasteiger partial charge in [0.05, 0.1) is 21.4 Å². The molecule has 0 amide bonds. The minimum absolute atomic E-state index is 0.0551. The van der Waals surface area contributed by atoms with Gasteiger partial charge in [-0.2, -0.15) is 0 Å². The van der Waals surface area contributed by atoms with Gasteiger partial charge in [0, 0.05) is 17.3 Å². The molecule has 0 radical (unpaired) electrons. The van der Waals surface area contributed by atoms with Crippen molar-refractivity contribution in [1.29, 1.82) is 0 Å². The van der Waals surface area contributed by atoms with Crippen LogP contribution in [0, 0.1) is 6.92 Å². The predicted molar refractivity (Wildman–Crippen MR) is 107 cm³/mol. The SMILES string of the molecule is Cc1cccnc1[C@@](CCO)(N[S@](=O)C(C)(C)C)c1ccc(Br)cc1. The summed E-state index contributed by atoms with van der Waals surface area (Å²) in [6, 6.07) is 11.7. The van der Waals surface area contributed by atoms with Crippen molar-refractivity contribution in [2.24, 2.45) is 0 Å². The van der Waals surface area contributed by atoms with Crippen LogP contribution in [0.1, 0.15) is 44.0 Å². The lowest BCUT2D eigenvalue weighted by Crippen LogP contribution is -2.50. The van der Waals surface area contributed by atoms with Gasteiger partial charge in [0.15, 0.2) is 0 Å². The van der Waals surface area contributed by atoms with E-state index in [1.54, 1.807) is 6.20 Å². The lowest BCUT2D eigenvalue weighted by Gasteiger charge is -2.37. The van der Waals surface area contributed by atoms with Gasteiger partial charge in [0.2, 0.25) is 0 Å². The number of nitrogens with one attached hydrogen (secondary N) is 1. The molecule has 0 saturated carbocycles. The zero-order valence-corrected chi connectivity index (χ0v) is 17.4. The molecule has 25 heavy (non-hydrogen) atoms. The Kier molecular flexibility index (Phi) is 6.54. The van der Waals surface area contributed by atoms with E-state index in [4.69, 9.17) is 0 Å². The summed E-state index contributed by atoms with van der Waals surface area (Å²) in [5.41, 5.74) is 1.85. The molecule has 2 rings (SSSR count). The summed E-state index contributed by atoms with van der Waals surface area (Å²) >= 11 is 3.46. The number of halogens is 1. The molecule has 1 aromatic heterocycles. The Labute approximate surface area is 160 Å². The minimum Gasteiger partial charge on any atom is -0.396 e. The molecule has 0 aliphatic heterocycles. The Balaban J connectivity index is 2.68. The molecule has 2 aromatic rings. The molecule has 2 N–H and O–H groups in total. The van der Waals surface area contributed by atoms with Crippen molar-refractivity contribution in [2.75, 3.05) is 6.61 Å². The van der Waals surface area contributed by atoms with Crippen LogP contribution >= 0.6 is 15.9 Å². The molecule has 0 bridgehead atoms. The number of aromatic nitrogens is 1. The van der Waals surface area contributed by atoms with Crippen molar-refractivity contribution >= 4 is 26.9 Å². The molecule has 0 fully saturated rings. The van der Waals surface area contributed by atoms with Gasteiger partial charge >= 0.3 is 0 Å². The van der Waals surface area contributed by atoms with Crippen molar-refractivity contribution in [3.63, 3.8) is 0 Å². The highest BCUT2D eigenvalue weighted by molar-refractivity contribution is 9.10. The van der Waals surface area contributed by atoms with Crippen molar-refractivity contribution < 1.29 is 9.32 Å². The molecular weight excluding hydrogens is 400 g/mol. The summed E-state index contributed by atoms with van der Waals surface area (Å²) in [4.78, 5) is 4.58. The van der Waals surface area contributed by atoms with Gasteiger partial charge in [0.1, 0.15) is 5.54 Å². The van der Waals surface area contributed by atoms with E-state index in [0.29, 0.717) is 6.42 Å². The summed E-state index contributed by atoms with van der Waals surface area (Å²) in [5, 5.41) is 9.81. The van der Waals surface area contributed by atoms with Gasteiger partial charge in [-0.05, 0) is 63.4 Å². The highest BCUT2D eigenvalue weighted by Crippen LogP contribution is 2.35. The van der Waals surface area contributed by atoms with Crippen molar-refractivity contribution in [1.82, 2.24) is 9.71 Å². The molecule has 1 aromatic carbocycles. The molecule has 4 nitrogen and oxygen atoms in total. The molecule has 0 saturated heterocycles. The van der Waals surface area contributed by atoms with E-state index < -0.39 is 21.3 Å². The van der Waals surface area contributed by atoms with Gasteiger partial charge in [-0.15, -0.1) is 0 Å². The Bertz CT molecular complexity index is 744. The predicted octanol–water partition coefficient (Wildman–Crippen LogP) is 3.83. The zero-order chi connectivity index (χ0) is 18.7. The lowest BCUT2D eigenvalue weighted by molar-refractivity contribution is 0.245. The summed E-state index contributed by atoms with van der Waals surface area (Å²) in [5.74, 6) is 0. The molecule has 0 aliphatic carbocycles. The van der Waals surface area contributed by atoms with Crippen LogP contribution in [0.5, 0.6) is 0 Å². The topological polar surface area (TPSA) is 62.2 Å². The number of pyridine rings is 1. The second-order valence-electron chi connectivity index (χ2n) is 7.04. The summed E-state index contributed by atoms with van der Waals surface area (Å²) < 4.78 is 16.8. The van der Waals surface area contributed by atoms with E-state index in [2.05, 4.69) is 25.6 Å². The van der Waals surface area contributed by atoms with Crippen LogP contribution < -0.4 is 4.72 Å². The number of hydrogen-bond donors (Lipinski definition) is 2. The highest BCUT2D eigenvalue weighted by atomic mass is 79.9. The molecular formula is C19H25BrN2O2S. The molecule has 136 valence electrons. The third-order valence-electron chi connectivity index (χ3n) is 4.06. The quantitative estimate of drug-likeness (QED) is 0.740. The average molecular weight is 425 g/mol. The number of benzene rings is 1. The second-order valence-corrected chi connectivity index (χ2v) is 9.92. The molecule has 6 heteroatoms. The Morgan fingerprint density at radius 1 is 1.20 bits per heavy atom. The maximum absolute atomic E-state index is 13.0. The number of hydrogen-bond acceptors (Lipinski definition) is 3. The van der Waals surface area contributed by atoms with Crippen molar-refractivity contribution in [2.45, 2.75) is 44.4 Å². The van der Waals surface area contributed by atoms with Crippen LogP contribution in [0.25, 0.3) is 0 Å². The zero-order valence-electron chi connectivity index (χ0n) is 15.0. The van der Waals surface area contributed by atoms with Crippen LogP contribution in [0.15, 0.2) is 47.1 Å². The Morgan fingerprint density at radius 3 is 2.36 bits per heavy atom. The summed E-state index contributed by atoms with van der Waals surface area (Å²) in [6.45, 7) is 7.70. The fourth-order valence-corrected chi connectivity index (χ4v) is 3.91. The van der Waals surface area contributed by atoms with Crippen LogP contribution in [-0.2, 0) is 16.5 Å². The van der Waals surface area contributed by atoms with Crippen LogP contribution in [0.4, 0.5) is 0 Å². The van der Waals surface area contributed by atoms with Gasteiger partial charge in [0.25, 0.3) is 0 Å². The average Bonchev–Trinajstić information content (AvgIpc) is 2.54. The fourth-order valence-electron chi connectivity index (χ4n) is 2.70. The monoisotopic (exact) mass is 424 g/mol. The minimum atomic E-state index is -1.34. The van der Waals surface area contributed by atoms with Crippen molar-refractivity contribution in [3.05, 3.63) is 63.9 Å². The largest absolute Gasteiger partial charge is 0.396 e. The fraction of sp³-hybridized carbons (Fsp3) is 0.421. The van der Waals surface area contributed by atoms with E-state index in [1.165, 1.54) is 0 Å². The molecule has 2 atom stereocenters. The van der Waals surface area contributed by atoms with E-state index in [0.717, 1.165) is 21.3 Å². The third-order valence-corrected chi connectivity index (χ3v) is 6.24. The Hall–Kier alpha value is -1.08. The normalized spacial score (nSPS) is 15.6. The Morgan fingerprint density at radius 2 is 1.84 bits per heavy atom. The first-order chi connectivity index (χ1) is 11.7. The van der Waals surface area contributed by atoms with Crippen molar-refractivity contribution in [3.8, 4) is 0 Å². The summed E-state index contributed by atoms with van der Waals surface area (Å²) in [6.07, 6.45) is 2.10. The van der Waals surface area contributed by atoms with Crippen LogP contribution in [0.2, 0.25) is 0 Å². The van der Waals surface area contributed by atoms with E-state index in [9.17, 15) is 9.32 Å². The van der Waals surface area contributed by atoms with Crippen LogP contribution in [0.3, 0.4) is 0 Å². The maximum atomic E-state index is 13.0. The first-order valence-corrected chi connectivity index (χ1v) is 10.1. The standard InChI is InChI=1S/C19H25BrN2O2S/c1-14-6-5-12-21-17(14)19(11-13-23,22-25(24)18(2,3)4)15-7-9-16(20)10-8-15/h5-10,12,22-23H,11,13H2,1-4H3/t19-,25+/m0/s1. The number of aliphatic hydroxyl groups is 1. The van der Waals surface area contributed by atoms with Crippen LogP contribution in [-0.4, -0.2) is 25.7 Å². The van der Waals surface area contributed by atoms with E-state index >= 15 is 0 Å². The highest BCUT2D eigenvalue weighted by Gasteiger charge is 2.40. The number of aryl methyl sites for hydroxylation is 1. The number of rotatable bonds is 6. The van der Waals surface area contributed by atoms with E-state index in [1.807, 2.05) is 64.1 Å². The third kappa shape index (κ3) is 4.56. The maximum Gasteiger partial charge on any atom is 0.100 e. The van der Waals surface area contributed by atoms with Gasteiger partial charge < -0.3 is 5.11 Å². The number of nitrogens with zero attached hydrogens (tertiary/aromatic N) is 1. The van der Waals surface area contributed by atoms with Gasteiger partial charge in [-0.3, -0.25) is 4.98 Å². The smallest absolute Gasteiger partial charge is 0.100 e. The molecule has 0 spiro atoms. The molecule has 1 heterocycles. The van der Waals surface area contributed by atoms with Gasteiger partial charge in [-0.25, -0.2) is 8.93 Å². The summed E-state index contributed by atoms with van der Waals surface area (Å²) in [7, 11) is -1.34. The molecule has 0 aliphatic rings.